The van der Waals surface area contributed by atoms with Gasteiger partial charge in [-0.05, 0) is 111 Å². The lowest BCUT2D eigenvalue weighted by atomic mass is 9.44. The molecule has 0 aromatic carbocycles. The Bertz CT molecular complexity index is 588. The molecule has 0 aromatic heterocycles. The summed E-state index contributed by atoms with van der Waals surface area (Å²) in [4.78, 5) is 11.6. The van der Waals surface area contributed by atoms with Gasteiger partial charge in [-0.25, -0.2) is 0 Å². The molecule has 9 atom stereocenters. The topological polar surface area (TPSA) is 46.5 Å². The maximum atomic E-state index is 11.6. The second kappa shape index (κ2) is 7.60. The summed E-state index contributed by atoms with van der Waals surface area (Å²) in [6.45, 7) is 7.56. The summed E-state index contributed by atoms with van der Waals surface area (Å²) in [7, 11) is 1.50. The van der Waals surface area contributed by atoms with Crippen molar-refractivity contribution in [3.05, 3.63) is 0 Å². The first-order valence-corrected chi connectivity index (χ1v) is 12.0. The lowest BCUT2D eigenvalue weighted by Gasteiger charge is -2.61. The van der Waals surface area contributed by atoms with E-state index in [1.165, 1.54) is 52.1 Å². The van der Waals surface area contributed by atoms with E-state index in [1.807, 2.05) is 0 Å². The molecule has 1 N–H and O–H groups in total. The molecule has 4 aliphatic carbocycles. The molecule has 0 aliphatic heterocycles. The molecule has 4 fully saturated rings. The minimum atomic E-state index is -0.0546. The smallest absolute Gasteiger partial charge is 0.305 e. The predicted molar refractivity (Wildman–Crippen MR) is 112 cm³/mol. The number of fused-ring (bicyclic) bond motifs is 5. The van der Waals surface area contributed by atoms with Gasteiger partial charge < -0.3 is 9.84 Å². The minimum absolute atomic E-state index is 0.0463. The van der Waals surface area contributed by atoms with E-state index >= 15 is 0 Å². The van der Waals surface area contributed by atoms with Crippen LogP contribution in [0.2, 0.25) is 0 Å². The van der Waals surface area contributed by atoms with E-state index in [4.69, 9.17) is 4.74 Å². The highest BCUT2D eigenvalue weighted by atomic mass is 16.5. The fourth-order valence-electron chi connectivity index (χ4n) is 8.86. The van der Waals surface area contributed by atoms with E-state index in [1.54, 1.807) is 0 Å². The lowest BCUT2D eigenvalue weighted by Crippen LogP contribution is -2.54. The van der Waals surface area contributed by atoms with Crippen molar-refractivity contribution in [2.45, 2.75) is 97.5 Å². The summed E-state index contributed by atoms with van der Waals surface area (Å²) in [5.74, 6) is 4.72. The number of hydrogen-bond donors (Lipinski definition) is 1. The molecule has 4 aliphatic rings. The summed E-state index contributed by atoms with van der Waals surface area (Å²) in [5.41, 5.74) is 0.937. The summed E-state index contributed by atoms with van der Waals surface area (Å²) >= 11 is 0. The van der Waals surface area contributed by atoms with Gasteiger partial charge in [0.2, 0.25) is 0 Å². The van der Waals surface area contributed by atoms with Crippen LogP contribution in [-0.2, 0) is 9.53 Å². The number of ether oxygens (including phenoxy) is 1. The van der Waals surface area contributed by atoms with Crippen molar-refractivity contribution in [3.8, 4) is 0 Å². The number of aliphatic hydroxyl groups is 1. The summed E-state index contributed by atoms with van der Waals surface area (Å²) in [5, 5.41) is 10.2. The molecular formula is C25H42O3. The molecule has 28 heavy (non-hydrogen) atoms. The van der Waals surface area contributed by atoms with Crippen LogP contribution < -0.4 is 0 Å². The number of methoxy groups -OCH3 is 1. The SMILES string of the molecule is COC(=O)CC[C@@H](C)[C@H]1CCC2C3CC[C@@H]4C[C@@H](O)CC[C@]4(C)C3CC[C@@]21C. The van der Waals surface area contributed by atoms with Gasteiger partial charge in [0, 0.05) is 6.42 Å². The molecule has 0 bridgehead atoms. The summed E-state index contributed by atoms with van der Waals surface area (Å²) < 4.78 is 4.88. The van der Waals surface area contributed by atoms with Gasteiger partial charge in [-0.3, -0.25) is 4.79 Å². The highest BCUT2D eigenvalue weighted by Crippen LogP contribution is 2.68. The van der Waals surface area contributed by atoms with Crippen LogP contribution in [0.4, 0.5) is 0 Å². The summed E-state index contributed by atoms with van der Waals surface area (Å²) in [6.07, 6.45) is 13.1. The Hall–Kier alpha value is -0.570. The Morgan fingerprint density at radius 1 is 1.04 bits per heavy atom. The van der Waals surface area contributed by atoms with Crippen molar-refractivity contribution in [2.24, 2.45) is 46.3 Å². The number of rotatable bonds is 4. The quantitative estimate of drug-likeness (QED) is 0.636. The Kier molecular flexibility index (Phi) is 5.61. The van der Waals surface area contributed by atoms with Crippen LogP contribution >= 0.6 is 0 Å². The first kappa shape index (κ1) is 20.7. The van der Waals surface area contributed by atoms with Crippen LogP contribution in [0, 0.1) is 46.3 Å². The summed E-state index contributed by atoms with van der Waals surface area (Å²) in [6, 6.07) is 0. The normalized spacial score (nSPS) is 48.9. The largest absolute Gasteiger partial charge is 0.469 e. The molecule has 0 heterocycles. The molecule has 160 valence electrons. The van der Waals surface area contributed by atoms with Gasteiger partial charge in [0.05, 0.1) is 13.2 Å². The zero-order valence-electron chi connectivity index (χ0n) is 18.6. The van der Waals surface area contributed by atoms with Gasteiger partial charge in [0.25, 0.3) is 0 Å². The Labute approximate surface area is 172 Å². The van der Waals surface area contributed by atoms with Crippen molar-refractivity contribution in [1.82, 2.24) is 0 Å². The molecule has 0 radical (unpaired) electrons. The van der Waals surface area contributed by atoms with Crippen molar-refractivity contribution in [1.29, 1.82) is 0 Å². The Morgan fingerprint density at radius 2 is 1.75 bits per heavy atom. The van der Waals surface area contributed by atoms with Crippen LogP contribution in [0.5, 0.6) is 0 Å². The van der Waals surface area contributed by atoms with Crippen molar-refractivity contribution in [2.75, 3.05) is 7.11 Å². The van der Waals surface area contributed by atoms with Crippen LogP contribution in [0.3, 0.4) is 0 Å². The van der Waals surface area contributed by atoms with E-state index in [-0.39, 0.29) is 12.1 Å². The van der Waals surface area contributed by atoms with E-state index in [0.29, 0.717) is 23.2 Å². The predicted octanol–water partition coefficient (Wildman–Crippen LogP) is 5.60. The second-order valence-electron chi connectivity index (χ2n) is 11.4. The number of hydrogen-bond acceptors (Lipinski definition) is 3. The maximum absolute atomic E-state index is 11.6. The Morgan fingerprint density at radius 3 is 2.50 bits per heavy atom. The molecule has 0 saturated heterocycles. The fourth-order valence-corrected chi connectivity index (χ4v) is 8.86. The third kappa shape index (κ3) is 3.24. The van der Waals surface area contributed by atoms with E-state index in [9.17, 15) is 9.90 Å². The van der Waals surface area contributed by atoms with E-state index in [2.05, 4.69) is 20.8 Å². The van der Waals surface area contributed by atoms with Crippen molar-refractivity contribution < 1.29 is 14.6 Å². The van der Waals surface area contributed by atoms with Crippen molar-refractivity contribution >= 4 is 5.97 Å². The van der Waals surface area contributed by atoms with Crippen molar-refractivity contribution in [3.63, 3.8) is 0 Å². The third-order valence-corrected chi connectivity index (χ3v) is 10.4. The van der Waals surface area contributed by atoms with E-state index in [0.717, 1.165) is 48.9 Å². The van der Waals surface area contributed by atoms with Crippen LogP contribution in [0.25, 0.3) is 0 Å². The van der Waals surface area contributed by atoms with Crippen LogP contribution in [0.15, 0.2) is 0 Å². The van der Waals surface area contributed by atoms with Gasteiger partial charge in [0.1, 0.15) is 0 Å². The highest BCUT2D eigenvalue weighted by molar-refractivity contribution is 5.69. The standard InChI is InChI=1S/C25H42O3/c1-16(5-10-23(27)28-4)20-8-9-21-19-7-6-17-15-18(26)11-13-24(17,2)22(19)12-14-25(20,21)3/h16-22,26H,5-15H2,1-4H3/t16-,17-,18+,19?,20-,21?,22?,24+,25-/m1/s1. The monoisotopic (exact) mass is 390 g/mol. The molecule has 3 nitrogen and oxygen atoms in total. The molecule has 3 heteroatoms. The van der Waals surface area contributed by atoms with Gasteiger partial charge >= 0.3 is 5.97 Å². The number of carbonyl (C=O) groups excluding carboxylic acids is 1. The molecule has 0 amide bonds. The van der Waals surface area contributed by atoms with E-state index < -0.39 is 0 Å². The number of carbonyl (C=O) groups is 1. The molecule has 4 saturated carbocycles. The zero-order valence-corrected chi connectivity index (χ0v) is 18.6. The molecular weight excluding hydrogens is 348 g/mol. The minimum Gasteiger partial charge on any atom is -0.469 e. The molecule has 0 aromatic rings. The average Bonchev–Trinajstić information content (AvgIpc) is 3.03. The molecule has 4 rings (SSSR count). The fraction of sp³-hybridized carbons (Fsp3) is 0.960. The van der Waals surface area contributed by atoms with Crippen LogP contribution in [0.1, 0.15) is 91.4 Å². The maximum Gasteiger partial charge on any atom is 0.305 e. The third-order valence-electron chi connectivity index (χ3n) is 10.4. The Balaban J connectivity index is 1.48. The molecule has 3 unspecified atom stereocenters. The van der Waals surface area contributed by atoms with Crippen LogP contribution in [-0.4, -0.2) is 24.3 Å². The molecule has 0 spiro atoms. The second-order valence-corrected chi connectivity index (χ2v) is 11.4. The first-order valence-electron chi connectivity index (χ1n) is 12.0. The lowest BCUT2D eigenvalue weighted by molar-refractivity contribution is -0.141. The van der Waals surface area contributed by atoms with Gasteiger partial charge in [-0.15, -0.1) is 0 Å². The highest BCUT2D eigenvalue weighted by Gasteiger charge is 2.60. The number of aliphatic hydroxyl groups excluding tert-OH is 1. The number of esters is 1. The average molecular weight is 391 g/mol. The van der Waals surface area contributed by atoms with Gasteiger partial charge in [0.15, 0.2) is 0 Å². The van der Waals surface area contributed by atoms with Gasteiger partial charge in [-0.1, -0.05) is 20.8 Å². The first-order chi connectivity index (χ1) is 13.3. The zero-order chi connectivity index (χ0) is 20.1. The van der Waals surface area contributed by atoms with Gasteiger partial charge in [-0.2, -0.15) is 0 Å².